The smallest absolute Gasteiger partial charge is 0.131 e. The molecule has 3 aromatic carbocycles. The normalized spacial score (nSPS) is 12.0. The van der Waals surface area contributed by atoms with Crippen LogP contribution in [-0.2, 0) is 13.2 Å². The maximum atomic E-state index is 14.0. The highest BCUT2D eigenvalue weighted by Gasteiger charge is 2.11. The van der Waals surface area contributed by atoms with Crippen molar-refractivity contribution in [2.24, 2.45) is 0 Å². The SMILES string of the molecule is O[C@H](CNCc1cc(Br)ccc1OCc1c(F)cccc1Cl)c1ccccc1. The molecule has 0 heterocycles. The van der Waals surface area contributed by atoms with Crippen molar-refractivity contribution < 1.29 is 14.2 Å². The number of nitrogens with one attached hydrogen (secondary N) is 1. The van der Waals surface area contributed by atoms with Gasteiger partial charge in [-0.15, -0.1) is 0 Å². The molecule has 0 aliphatic heterocycles. The van der Waals surface area contributed by atoms with Gasteiger partial charge in [0.2, 0.25) is 0 Å². The first-order chi connectivity index (χ1) is 13.5. The van der Waals surface area contributed by atoms with Crippen molar-refractivity contribution >= 4 is 27.5 Å². The lowest BCUT2D eigenvalue weighted by atomic mass is 10.1. The van der Waals surface area contributed by atoms with Gasteiger partial charge in [0.1, 0.15) is 18.2 Å². The van der Waals surface area contributed by atoms with Crippen LogP contribution in [0.25, 0.3) is 0 Å². The van der Waals surface area contributed by atoms with E-state index in [1.54, 1.807) is 12.1 Å². The molecule has 0 aliphatic rings. The molecule has 0 aromatic heterocycles. The van der Waals surface area contributed by atoms with E-state index in [0.29, 0.717) is 29.4 Å². The first kappa shape index (κ1) is 20.8. The Hall–Kier alpha value is -1.92. The summed E-state index contributed by atoms with van der Waals surface area (Å²) >= 11 is 9.53. The van der Waals surface area contributed by atoms with Gasteiger partial charge < -0.3 is 15.2 Å². The fourth-order valence-electron chi connectivity index (χ4n) is 2.78. The fraction of sp³-hybridized carbons (Fsp3) is 0.182. The van der Waals surface area contributed by atoms with Crippen LogP contribution in [0.15, 0.2) is 71.2 Å². The molecule has 0 spiro atoms. The Balaban J connectivity index is 1.64. The van der Waals surface area contributed by atoms with E-state index < -0.39 is 11.9 Å². The summed E-state index contributed by atoms with van der Waals surface area (Å²) in [4.78, 5) is 0. The second-order valence-electron chi connectivity index (χ2n) is 6.30. The van der Waals surface area contributed by atoms with Gasteiger partial charge in [-0.2, -0.15) is 0 Å². The second kappa shape index (κ2) is 10.0. The quantitative estimate of drug-likeness (QED) is 0.453. The number of halogens is 3. The Morgan fingerprint density at radius 3 is 2.61 bits per heavy atom. The lowest BCUT2D eigenvalue weighted by molar-refractivity contribution is 0.174. The summed E-state index contributed by atoms with van der Waals surface area (Å²) in [7, 11) is 0. The largest absolute Gasteiger partial charge is 0.488 e. The molecule has 2 N–H and O–H groups in total. The van der Waals surface area contributed by atoms with E-state index in [0.717, 1.165) is 15.6 Å². The molecule has 1 atom stereocenters. The summed E-state index contributed by atoms with van der Waals surface area (Å²) in [5.41, 5.74) is 2.07. The Kier molecular flexibility index (Phi) is 7.45. The van der Waals surface area contributed by atoms with Crippen LogP contribution < -0.4 is 10.1 Å². The average Bonchev–Trinajstić information content (AvgIpc) is 2.69. The minimum Gasteiger partial charge on any atom is -0.488 e. The molecule has 0 fully saturated rings. The van der Waals surface area contributed by atoms with Gasteiger partial charge in [-0.05, 0) is 35.9 Å². The van der Waals surface area contributed by atoms with Crippen LogP contribution in [0.5, 0.6) is 5.75 Å². The molecule has 6 heteroatoms. The van der Waals surface area contributed by atoms with Crippen molar-refractivity contribution in [3.63, 3.8) is 0 Å². The van der Waals surface area contributed by atoms with Crippen LogP contribution in [0.4, 0.5) is 4.39 Å². The van der Waals surface area contributed by atoms with Crippen LogP contribution in [0.2, 0.25) is 5.02 Å². The first-order valence-corrected chi connectivity index (χ1v) is 9.99. The Morgan fingerprint density at radius 1 is 1.07 bits per heavy atom. The van der Waals surface area contributed by atoms with E-state index in [9.17, 15) is 9.50 Å². The summed E-state index contributed by atoms with van der Waals surface area (Å²) < 4.78 is 20.7. The highest BCUT2D eigenvalue weighted by Crippen LogP contribution is 2.26. The number of benzene rings is 3. The van der Waals surface area contributed by atoms with Crippen molar-refractivity contribution in [2.75, 3.05) is 6.54 Å². The van der Waals surface area contributed by atoms with Crippen LogP contribution in [0.1, 0.15) is 22.8 Å². The van der Waals surface area contributed by atoms with Crippen molar-refractivity contribution in [1.29, 1.82) is 0 Å². The van der Waals surface area contributed by atoms with Crippen molar-refractivity contribution in [2.45, 2.75) is 19.3 Å². The molecule has 0 saturated heterocycles. The standard InChI is InChI=1S/C22H20BrClFNO2/c23-17-9-10-22(28-14-18-19(24)7-4-8-20(18)25)16(11-17)12-26-13-21(27)15-5-2-1-3-6-15/h1-11,21,26-27H,12-14H2/t21-/m1/s1. The highest BCUT2D eigenvalue weighted by molar-refractivity contribution is 9.10. The molecular formula is C22H20BrClFNO2. The third-order valence-electron chi connectivity index (χ3n) is 4.29. The maximum Gasteiger partial charge on any atom is 0.131 e. The van der Waals surface area contributed by atoms with Crippen LogP contribution in [0, 0.1) is 5.82 Å². The molecule has 3 aromatic rings. The zero-order valence-corrected chi connectivity index (χ0v) is 17.4. The molecule has 0 unspecified atom stereocenters. The third kappa shape index (κ3) is 5.55. The Morgan fingerprint density at radius 2 is 1.86 bits per heavy atom. The molecule has 0 aliphatic carbocycles. The average molecular weight is 465 g/mol. The molecular weight excluding hydrogens is 445 g/mol. The number of hydrogen-bond acceptors (Lipinski definition) is 3. The zero-order valence-electron chi connectivity index (χ0n) is 15.0. The Labute approximate surface area is 177 Å². The van der Waals surface area contributed by atoms with E-state index >= 15 is 0 Å². The predicted molar refractivity (Wildman–Crippen MR) is 113 cm³/mol. The number of rotatable bonds is 8. The molecule has 0 radical (unpaired) electrons. The lowest BCUT2D eigenvalue weighted by Crippen LogP contribution is -2.21. The minimum absolute atomic E-state index is 0.0345. The number of aliphatic hydroxyl groups excluding tert-OH is 1. The van der Waals surface area contributed by atoms with Crippen molar-refractivity contribution in [1.82, 2.24) is 5.32 Å². The van der Waals surface area contributed by atoms with Gasteiger partial charge >= 0.3 is 0 Å². The Bertz CT molecular complexity index is 903. The molecule has 0 amide bonds. The highest BCUT2D eigenvalue weighted by atomic mass is 79.9. The molecule has 3 nitrogen and oxygen atoms in total. The monoisotopic (exact) mass is 463 g/mol. The van der Waals surface area contributed by atoms with Gasteiger partial charge in [0.05, 0.1) is 11.1 Å². The summed E-state index contributed by atoms with van der Waals surface area (Å²) in [5.74, 6) is 0.236. The number of hydrogen-bond donors (Lipinski definition) is 2. The molecule has 0 bridgehead atoms. The van der Waals surface area contributed by atoms with E-state index in [-0.39, 0.29) is 6.61 Å². The zero-order chi connectivity index (χ0) is 19.9. The van der Waals surface area contributed by atoms with Crippen molar-refractivity contribution in [3.8, 4) is 5.75 Å². The van der Waals surface area contributed by atoms with Crippen LogP contribution in [-0.4, -0.2) is 11.7 Å². The predicted octanol–water partition coefficient (Wildman–Crippen LogP) is 5.64. The summed E-state index contributed by atoms with van der Waals surface area (Å²) in [6, 6.07) is 19.7. The van der Waals surface area contributed by atoms with Gasteiger partial charge in [0, 0.05) is 28.7 Å². The van der Waals surface area contributed by atoms with Gasteiger partial charge in [-0.3, -0.25) is 0 Å². The lowest BCUT2D eigenvalue weighted by Gasteiger charge is -2.16. The topological polar surface area (TPSA) is 41.5 Å². The summed E-state index contributed by atoms with van der Waals surface area (Å²) in [6.45, 7) is 0.922. The van der Waals surface area contributed by atoms with Crippen LogP contribution in [0.3, 0.4) is 0 Å². The molecule has 0 saturated carbocycles. The summed E-state index contributed by atoms with van der Waals surface area (Å²) in [5, 5.41) is 13.8. The number of ether oxygens (including phenoxy) is 1. The summed E-state index contributed by atoms with van der Waals surface area (Å²) in [6.07, 6.45) is -0.602. The fourth-order valence-corrected chi connectivity index (χ4v) is 3.41. The van der Waals surface area contributed by atoms with Crippen molar-refractivity contribution in [3.05, 3.63) is 98.7 Å². The van der Waals surface area contributed by atoms with E-state index in [1.165, 1.54) is 6.07 Å². The molecule has 146 valence electrons. The van der Waals surface area contributed by atoms with E-state index in [2.05, 4.69) is 21.2 Å². The molecule has 3 rings (SSSR count). The van der Waals surface area contributed by atoms with E-state index in [1.807, 2.05) is 48.5 Å². The second-order valence-corrected chi connectivity index (χ2v) is 7.62. The first-order valence-electron chi connectivity index (χ1n) is 8.82. The maximum absolute atomic E-state index is 14.0. The minimum atomic E-state index is -0.602. The molecule has 28 heavy (non-hydrogen) atoms. The van der Waals surface area contributed by atoms with E-state index in [4.69, 9.17) is 16.3 Å². The van der Waals surface area contributed by atoms with Gasteiger partial charge in [0.25, 0.3) is 0 Å². The third-order valence-corrected chi connectivity index (χ3v) is 5.14. The number of aliphatic hydroxyl groups is 1. The van der Waals surface area contributed by atoms with Gasteiger partial charge in [-0.1, -0.05) is 63.9 Å². The van der Waals surface area contributed by atoms with Gasteiger partial charge in [-0.25, -0.2) is 4.39 Å². The van der Waals surface area contributed by atoms with Crippen LogP contribution >= 0.6 is 27.5 Å². The van der Waals surface area contributed by atoms with Gasteiger partial charge in [0.15, 0.2) is 0 Å².